The molecule has 2 aliphatic rings. The fourth-order valence-electron chi connectivity index (χ4n) is 6.12. The van der Waals surface area contributed by atoms with E-state index < -0.39 is 0 Å². The molecule has 1 fully saturated rings. The molecule has 3 aromatic rings. The third-order valence-electron chi connectivity index (χ3n) is 8.33. The molecule has 2 aliphatic heterocycles. The maximum absolute atomic E-state index is 14.1. The van der Waals surface area contributed by atoms with Crippen molar-refractivity contribution in [2.24, 2.45) is 5.41 Å². The number of halogens is 1. The first kappa shape index (κ1) is 26.4. The molecule has 5 rings (SSSR count). The second-order valence-corrected chi connectivity index (χ2v) is 11.0. The van der Waals surface area contributed by atoms with E-state index in [4.69, 9.17) is 4.74 Å². The van der Waals surface area contributed by atoms with Gasteiger partial charge in [0.25, 0.3) is 0 Å². The molecule has 0 saturated carbocycles. The van der Waals surface area contributed by atoms with Crippen LogP contribution in [0.1, 0.15) is 48.8 Å². The normalized spacial score (nSPS) is 18.6. The predicted molar refractivity (Wildman–Crippen MR) is 150 cm³/mol. The first-order valence-electron chi connectivity index (χ1n) is 14.1. The fourth-order valence-corrected chi connectivity index (χ4v) is 6.12. The molecule has 0 radical (unpaired) electrons. The number of ether oxygens (including phenoxy) is 1. The van der Waals surface area contributed by atoms with Crippen LogP contribution in [0.3, 0.4) is 0 Å². The Balaban J connectivity index is 1.29. The topological polar surface area (TPSA) is 32.8 Å². The number of para-hydroxylation sites is 1. The molecule has 5 heteroatoms. The number of carbonyl (C=O) groups excluding carboxylic acids is 1. The summed E-state index contributed by atoms with van der Waals surface area (Å²) in [5.41, 5.74) is 3.26. The standard InChI is InChI=1S/C33H39FN2O2/c34-30-15-6-4-14-29(30)24-32(37)36-20-18-33(19-21-36)17-9-8-13-28-12-5-7-16-31(28)38-23-22-35(26-33)25-27-10-2-1-3-11-27/h1-7,10-12,14-16H,8-9,13,17-26H2. The van der Waals surface area contributed by atoms with Crippen LogP contribution in [0.4, 0.5) is 4.39 Å². The van der Waals surface area contributed by atoms with Gasteiger partial charge in [-0.15, -0.1) is 0 Å². The van der Waals surface area contributed by atoms with Gasteiger partial charge in [0.05, 0.1) is 6.42 Å². The number of amides is 1. The maximum Gasteiger partial charge on any atom is 0.227 e. The number of carbonyl (C=O) groups is 1. The van der Waals surface area contributed by atoms with Crippen molar-refractivity contribution < 1.29 is 13.9 Å². The highest BCUT2D eigenvalue weighted by atomic mass is 19.1. The van der Waals surface area contributed by atoms with Gasteiger partial charge in [-0.05, 0) is 66.3 Å². The van der Waals surface area contributed by atoms with Crippen molar-refractivity contribution in [3.8, 4) is 5.75 Å². The molecule has 1 amide bonds. The highest BCUT2D eigenvalue weighted by molar-refractivity contribution is 5.79. The first-order chi connectivity index (χ1) is 18.6. The number of nitrogens with zero attached hydrogens (tertiary/aromatic N) is 2. The lowest BCUT2D eigenvalue weighted by Crippen LogP contribution is -2.48. The smallest absolute Gasteiger partial charge is 0.227 e. The Morgan fingerprint density at radius 2 is 1.58 bits per heavy atom. The van der Waals surface area contributed by atoms with Crippen LogP contribution in [0.15, 0.2) is 78.9 Å². The summed E-state index contributed by atoms with van der Waals surface area (Å²) in [6.45, 7) is 4.90. The molecular formula is C33H39FN2O2. The van der Waals surface area contributed by atoms with Crippen LogP contribution in [0.25, 0.3) is 0 Å². The van der Waals surface area contributed by atoms with Crippen molar-refractivity contribution >= 4 is 5.91 Å². The molecule has 1 saturated heterocycles. The molecule has 2 heterocycles. The zero-order valence-corrected chi connectivity index (χ0v) is 22.3. The number of aryl methyl sites for hydroxylation is 1. The highest BCUT2D eigenvalue weighted by Crippen LogP contribution is 2.39. The van der Waals surface area contributed by atoms with Crippen LogP contribution in [-0.2, 0) is 24.2 Å². The molecule has 200 valence electrons. The van der Waals surface area contributed by atoms with Crippen molar-refractivity contribution in [3.63, 3.8) is 0 Å². The Bertz CT molecular complexity index is 1190. The molecular weight excluding hydrogens is 475 g/mol. The molecule has 0 aliphatic carbocycles. The molecule has 1 spiro atoms. The SMILES string of the molecule is O=C(Cc1ccccc1F)N1CCC2(CCCCc3ccccc3OCCN(Cc3ccccc3)C2)CC1. The number of benzene rings is 3. The monoisotopic (exact) mass is 514 g/mol. The van der Waals surface area contributed by atoms with Crippen molar-refractivity contribution in [1.82, 2.24) is 9.80 Å². The van der Waals surface area contributed by atoms with E-state index in [0.717, 1.165) is 77.0 Å². The number of fused-ring (bicyclic) bond motifs is 1. The summed E-state index contributed by atoms with van der Waals surface area (Å²) in [6.07, 6.45) is 6.60. The van der Waals surface area contributed by atoms with Crippen molar-refractivity contribution in [3.05, 3.63) is 101 Å². The lowest BCUT2D eigenvalue weighted by atomic mass is 9.73. The Hall–Kier alpha value is -3.18. The number of hydrogen-bond donors (Lipinski definition) is 0. The summed E-state index contributed by atoms with van der Waals surface area (Å²) in [4.78, 5) is 17.6. The Morgan fingerprint density at radius 1 is 0.842 bits per heavy atom. The zero-order valence-electron chi connectivity index (χ0n) is 22.3. The largest absolute Gasteiger partial charge is 0.492 e. The van der Waals surface area contributed by atoms with Crippen LogP contribution in [-0.4, -0.2) is 48.5 Å². The zero-order chi connectivity index (χ0) is 26.2. The Labute approximate surface area is 226 Å². The van der Waals surface area contributed by atoms with Gasteiger partial charge in [-0.1, -0.05) is 73.2 Å². The molecule has 0 atom stereocenters. The van der Waals surface area contributed by atoms with Crippen LogP contribution in [0.5, 0.6) is 5.75 Å². The van der Waals surface area contributed by atoms with Gasteiger partial charge in [0.15, 0.2) is 0 Å². The summed E-state index contributed by atoms with van der Waals surface area (Å²) in [5, 5.41) is 0. The summed E-state index contributed by atoms with van der Waals surface area (Å²) in [6, 6.07) is 25.7. The molecule has 0 unspecified atom stereocenters. The third kappa shape index (κ3) is 6.82. The third-order valence-corrected chi connectivity index (χ3v) is 8.33. The number of likely N-dealkylation sites (tertiary alicyclic amines) is 1. The van der Waals surface area contributed by atoms with E-state index in [0.29, 0.717) is 12.2 Å². The van der Waals surface area contributed by atoms with E-state index in [1.807, 2.05) is 4.90 Å². The number of rotatable bonds is 4. The Kier molecular flexibility index (Phi) is 8.75. The second-order valence-electron chi connectivity index (χ2n) is 11.0. The molecule has 0 aromatic heterocycles. The minimum absolute atomic E-state index is 0.0317. The summed E-state index contributed by atoms with van der Waals surface area (Å²) in [5.74, 6) is 0.752. The van der Waals surface area contributed by atoms with Gasteiger partial charge in [0.1, 0.15) is 18.2 Å². The quantitative estimate of drug-likeness (QED) is 0.411. The van der Waals surface area contributed by atoms with Gasteiger partial charge in [-0.3, -0.25) is 9.69 Å². The van der Waals surface area contributed by atoms with E-state index in [-0.39, 0.29) is 23.6 Å². The molecule has 3 aromatic carbocycles. The van der Waals surface area contributed by atoms with Gasteiger partial charge < -0.3 is 9.64 Å². The van der Waals surface area contributed by atoms with Crippen LogP contribution >= 0.6 is 0 Å². The maximum atomic E-state index is 14.1. The average molecular weight is 515 g/mol. The van der Waals surface area contributed by atoms with Crippen LogP contribution < -0.4 is 4.74 Å². The van der Waals surface area contributed by atoms with E-state index in [1.54, 1.807) is 18.2 Å². The lowest BCUT2D eigenvalue weighted by molar-refractivity contribution is -0.133. The molecule has 0 bridgehead atoms. The van der Waals surface area contributed by atoms with E-state index >= 15 is 0 Å². The summed E-state index contributed by atoms with van der Waals surface area (Å²) < 4.78 is 20.4. The van der Waals surface area contributed by atoms with E-state index in [9.17, 15) is 9.18 Å². The van der Waals surface area contributed by atoms with Crippen molar-refractivity contribution in [1.29, 1.82) is 0 Å². The molecule has 38 heavy (non-hydrogen) atoms. The first-order valence-corrected chi connectivity index (χ1v) is 14.1. The van der Waals surface area contributed by atoms with E-state index in [1.165, 1.54) is 17.2 Å². The summed E-state index contributed by atoms with van der Waals surface area (Å²) >= 11 is 0. The molecule has 0 N–H and O–H groups in total. The van der Waals surface area contributed by atoms with Crippen LogP contribution in [0.2, 0.25) is 0 Å². The van der Waals surface area contributed by atoms with E-state index in [2.05, 4.69) is 59.5 Å². The van der Waals surface area contributed by atoms with Crippen molar-refractivity contribution in [2.75, 3.05) is 32.8 Å². The predicted octanol–water partition coefficient (Wildman–Crippen LogP) is 6.28. The minimum Gasteiger partial charge on any atom is -0.492 e. The number of piperidine rings is 1. The van der Waals surface area contributed by atoms with Gasteiger partial charge in [-0.2, -0.15) is 0 Å². The average Bonchev–Trinajstić information content (AvgIpc) is 2.93. The summed E-state index contributed by atoms with van der Waals surface area (Å²) in [7, 11) is 0. The Morgan fingerprint density at radius 3 is 2.39 bits per heavy atom. The van der Waals surface area contributed by atoms with Gasteiger partial charge in [0, 0.05) is 32.7 Å². The van der Waals surface area contributed by atoms with Gasteiger partial charge in [-0.25, -0.2) is 4.39 Å². The number of hydrogen-bond acceptors (Lipinski definition) is 3. The lowest BCUT2D eigenvalue weighted by Gasteiger charge is -2.45. The van der Waals surface area contributed by atoms with Gasteiger partial charge in [0.2, 0.25) is 5.91 Å². The fraction of sp³-hybridized carbons (Fsp3) is 0.424. The van der Waals surface area contributed by atoms with Gasteiger partial charge >= 0.3 is 0 Å². The molecule has 4 nitrogen and oxygen atoms in total. The minimum atomic E-state index is -0.297. The van der Waals surface area contributed by atoms with Crippen molar-refractivity contribution in [2.45, 2.75) is 51.5 Å². The second kappa shape index (κ2) is 12.6. The van der Waals surface area contributed by atoms with Crippen LogP contribution in [0, 0.1) is 11.2 Å². The highest BCUT2D eigenvalue weighted by Gasteiger charge is 2.37.